The predicted octanol–water partition coefficient (Wildman–Crippen LogP) is 19.5. The highest BCUT2D eigenvalue weighted by molar-refractivity contribution is 5.76. The van der Waals surface area contributed by atoms with Crippen molar-refractivity contribution in [3.8, 4) is 0 Å². The van der Waals surface area contributed by atoms with E-state index in [0.29, 0.717) is 19.4 Å². The second kappa shape index (κ2) is 60.1. The molecule has 0 aliphatic heterocycles. The number of carbonyl (C=O) groups is 2. The highest BCUT2D eigenvalue weighted by Crippen LogP contribution is 2.16. The zero-order valence-corrected chi connectivity index (χ0v) is 47.2. The number of allylic oxidation sites excluding steroid dienone is 9. The van der Waals surface area contributed by atoms with Gasteiger partial charge in [0.15, 0.2) is 0 Å². The van der Waals surface area contributed by atoms with Gasteiger partial charge in [0, 0.05) is 12.8 Å². The normalized spacial score (nSPS) is 13.0. The Labute approximate surface area is 441 Å². The topological polar surface area (TPSA) is 95.9 Å². The molecule has 1 amide bonds. The Morgan fingerprint density at radius 3 is 1.10 bits per heavy atom. The van der Waals surface area contributed by atoms with Crippen LogP contribution in [0.15, 0.2) is 60.8 Å². The lowest BCUT2D eigenvalue weighted by Gasteiger charge is -2.20. The summed E-state index contributed by atoms with van der Waals surface area (Å²) in [6.45, 7) is 4.84. The average molecular weight is 995 g/mol. The molecule has 6 nitrogen and oxygen atoms in total. The van der Waals surface area contributed by atoms with E-state index in [9.17, 15) is 19.8 Å². The van der Waals surface area contributed by atoms with E-state index in [1.165, 1.54) is 199 Å². The van der Waals surface area contributed by atoms with Crippen LogP contribution in [-0.4, -0.2) is 47.4 Å². The van der Waals surface area contributed by atoms with Gasteiger partial charge in [0.05, 0.1) is 25.4 Å². The standard InChI is InChI=1S/C65H119NO5/c1-3-5-7-9-11-13-15-17-19-21-23-27-31-35-39-43-47-51-55-59-65(70)71-60-56-52-48-44-40-36-32-28-24-26-30-34-38-42-46-50-54-58-64(69)66-62(61-67)63(68)57-53-49-45-41-37-33-29-25-22-20-18-16-14-12-10-8-6-4-2/h11,13,17,19,24,28,36,40,53,57,62-63,67-68H,3-10,12,14-16,18,20-23,25-27,29-35,37-39,41-52,54-56,58-61H2,1-2H3,(H,66,69)/b13-11-,19-17-,28-24-,40-36-,57-53+. The number of aliphatic hydroxyl groups excluding tert-OH is 2. The fourth-order valence-electron chi connectivity index (χ4n) is 9.22. The van der Waals surface area contributed by atoms with Crippen molar-refractivity contribution in [2.24, 2.45) is 0 Å². The third-order valence-corrected chi connectivity index (χ3v) is 14.0. The van der Waals surface area contributed by atoms with Crippen molar-refractivity contribution >= 4 is 11.9 Å². The first-order chi connectivity index (χ1) is 35.0. The Balaban J connectivity index is 3.52. The minimum Gasteiger partial charge on any atom is -0.466 e. The number of unbranched alkanes of at least 4 members (excludes halogenated alkanes) is 38. The van der Waals surface area contributed by atoms with Gasteiger partial charge in [-0.2, -0.15) is 0 Å². The fourth-order valence-corrected chi connectivity index (χ4v) is 9.22. The fraction of sp³-hybridized carbons (Fsp3) is 0.815. The molecule has 0 aromatic carbocycles. The third-order valence-electron chi connectivity index (χ3n) is 14.0. The van der Waals surface area contributed by atoms with Crippen molar-refractivity contribution < 1.29 is 24.5 Å². The number of amides is 1. The van der Waals surface area contributed by atoms with Crippen LogP contribution >= 0.6 is 0 Å². The van der Waals surface area contributed by atoms with E-state index < -0.39 is 12.1 Å². The number of ether oxygens (including phenoxy) is 1. The molecule has 71 heavy (non-hydrogen) atoms. The first kappa shape index (κ1) is 68.6. The van der Waals surface area contributed by atoms with E-state index in [-0.39, 0.29) is 18.5 Å². The molecule has 2 atom stereocenters. The summed E-state index contributed by atoms with van der Waals surface area (Å²) >= 11 is 0. The van der Waals surface area contributed by atoms with Gasteiger partial charge in [0.2, 0.25) is 5.91 Å². The summed E-state index contributed by atoms with van der Waals surface area (Å²) in [6, 6.07) is -0.642. The molecule has 414 valence electrons. The number of esters is 1. The van der Waals surface area contributed by atoms with E-state index in [0.717, 1.165) is 89.9 Å². The summed E-state index contributed by atoms with van der Waals surface area (Å²) < 4.78 is 5.47. The maximum Gasteiger partial charge on any atom is 0.305 e. The summed E-state index contributed by atoms with van der Waals surface area (Å²) in [5, 5.41) is 23.2. The van der Waals surface area contributed by atoms with Crippen LogP contribution in [0.25, 0.3) is 0 Å². The number of nitrogens with one attached hydrogen (secondary N) is 1. The quantitative estimate of drug-likeness (QED) is 0.0321. The van der Waals surface area contributed by atoms with Crippen LogP contribution < -0.4 is 5.32 Å². The Kier molecular flexibility index (Phi) is 58.1. The second-order valence-corrected chi connectivity index (χ2v) is 21.0. The predicted molar refractivity (Wildman–Crippen MR) is 310 cm³/mol. The van der Waals surface area contributed by atoms with Crippen LogP contribution in [-0.2, 0) is 14.3 Å². The lowest BCUT2D eigenvalue weighted by Crippen LogP contribution is -2.45. The van der Waals surface area contributed by atoms with E-state index in [4.69, 9.17) is 4.74 Å². The smallest absolute Gasteiger partial charge is 0.305 e. The molecule has 6 heteroatoms. The molecule has 0 heterocycles. The Bertz CT molecular complexity index is 1240. The molecule has 0 aliphatic rings. The molecule has 0 aliphatic carbocycles. The van der Waals surface area contributed by atoms with Crippen LogP contribution in [0.1, 0.15) is 316 Å². The summed E-state index contributed by atoms with van der Waals surface area (Å²) in [7, 11) is 0. The molecule has 0 radical (unpaired) electrons. The number of carbonyl (C=O) groups excluding carboxylic acids is 2. The molecule has 0 aromatic rings. The van der Waals surface area contributed by atoms with Crippen LogP contribution in [0.5, 0.6) is 0 Å². The summed E-state index contributed by atoms with van der Waals surface area (Å²) in [5.74, 6) is -0.104. The first-order valence-electron chi connectivity index (χ1n) is 31.1. The zero-order valence-electron chi connectivity index (χ0n) is 47.2. The molecule has 0 aromatic heterocycles. The molecular weight excluding hydrogens is 875 g/mol. The highest BCUT2D eigenvalue weighted by Gasteiger charge is 2.18. The van der Waals surface area contributed by atoms with Crippen molar-refractivity contribution in [1.82, 2.24) is 5.32 Å². The lowest BCUT2D eigenvalue weighted by atomic mass is 10.0. The van der Waals surface area contributed by atoms with Crippen molar-refractivity contribution in [2.45, 2.75) is 328 Å². The number of hydrogen-bond donors (Lipinski definition) is 3. The second-order valence-electron chi connectivity index (χ2n) is 21.0. The summed E-state index contributed by atoms with van der Waals surface area (Å²) in [4.78, 5) is 24.6. The van der Waals surface area contributed by atoms with Crippen LogP contribution in [0.4, 0.5) is 0 Å². The lowest BCUT2D eigenvalue weighted by molar-refractivity contribution is -0.143. The van der Waals surface area contributed by atoms with Crippen LogP contribution in [0, 0.1) is 0 Å². The van der Waals surface area contributed by atoms with Gasteiger partial charge in [-0.3, -0.25) is 9.59 Å². The largest absolute Gasteiger partial charge is 0.466 e. The number of hydrogen-bond acceptors (Lipinski definition) is 5. The van der Waals surface area contributed by atoms with Gasteiger partial charge in [-0.25, -0.2) is 0 Å². The maximum atomic E-state index is 12.5. The van der Waals surface area contributed by atoms with Gasteiger partial charge in [0.1, 0.15) is 0 Å². The van der Waals surface area contributed by atoms with E-state index in [1.54, 1.807) is 6.08 Å². The molecule has 0 saturated carbocycles. The minimum atomic E-state index is -0.857. The Hall–Kier alpha value is -2.44. The molecule has 0 fully saturated rings. The van der Waals surface area contributed by atoms with Crippen molar-refractivity contribution in [1.29, 1.82) is 0 Å². The van der Waals surface area contributed by atoms with E-state index in [2.05, 4.69) is 67.8 Å². The minimum absolute atomic E-state index is 0.0206. The van der Waals surface area contributed by atoms with Crippen LogP contribution in [0.3, 0.4) is 0 Å². The molecule has 2 unspecified atom stereocenters. The van der Waals surface area contributed by atoms with Gasteiger partial charge in [-0.15, -0.1) is 0 Å². The maximum absolute atomic E-state index is 12.5. The zero-order chi connectivity index (χ0) is 51.4. The van der Waals surface area contributed by atoms with Gasteiger partial charge in [-0.1, -0.05) is 261 Å². The van der Waals surface area contributed by atoms with Gasteiger partial charge < -0.3 is 20.3 Å². The van der Waals surface area contributed by atoms with Crippen molar-refractivity contribution in [3.63, 3.8) is 0 Å². The number of aliphatic hydroxyl groups is 2. The Morgan fingerprint density at radius 2 is 0.704 bits per heavy atom. The van der Waals surface area contributed by atoms with Gasteiger partial charge in [-0.05, 0) is 103 Å². The number of rotatable bonds is 57. The van der Waals surface area contributed by atoms with Crippen molar-refractivity contribution in [2.75, 3.05) is 13.2 Å². The van der Waals surface area contributed by atoms with Crippen molar-refractivity contribution in [3.05, 3.63) is 60.8 Å². The average Bonchev–Trinajstić information content (AvgIpc) is 3.37. The molecule has 0 rings (SSSR count). The SMILES string of the molecule is CCCCC/C=C\C/C=C\CCCCCCCCCCCC(=O)OCCCCC/C=C\C/C=C\CCCCCCCCCC(=O)NC(CO)C(O)/C=C/CCCCCCCCCCCCCCCCCC. The first-order valence-corrected chi connectivity index (χ1v) is 31.1. The van der Waals surface area contributed by atoms with Crippen LogP contribution in [0.2, 0.25) is 0 Å². The molecule has 0 saturated heterocycles. The molecular formula is C65H119NO5. The van der Waals surface area contributed by atoms with E-state index in [1.807, 2.05) is 6.08 Å². The summed E-state index contributed by atoms with van der Waals surface area (Å²) in [5.41, 5.74) is 0. The molecule has 0 spiro atoms. The molecule has 3 N–H and O–H groups in total. The van der Waals surface area contributed by atoms with E-state index >= 15 is 0 Å². The third kappa shape index (κ3) is 56.7. The van der Waals surface area contributed by atoms with Gasteiger partial charge >= 0.3 is 5.97 Å². The van der Waals surface area contributed by atoms with Gasteiger partial charge in [0.25, 0.3) is 0 Å². The summed E-state index contributed by atoms with van der Waals surface area (Å²) in [6.07, 6.45) is 78.2. The molecule has 0 bridgehead atoms. The highest BCUT2D eigenvalue weighted by atomic mass is 16.5. The monoisotopic (exact) mass is 994 g/mol. The Morgan fingerprint density at radius 1 is 0.394 bits per heavy atom.